The molecule has 0 unspecified atom stereocenters. The maximum absolute atomic E-state index is 14.2. The number of halogens is 7. The van der Waals surface area contributed by atoms with E-state index in [1.807, 2.05) is 43.3 Å². The number of hydrogen-bond donors (Lipinski definition) is 5. The first kappa shape index (κ1) is 90.0. The number of anilines is 5. The number of thiazole rings is 1. The van der Waals surface area contributed by atoms with Gasteiger partial charge in [-0.3, -0.25) is 29.0 Å². The molecule has 632 valence electrons. The summed E-state index contributed by atoms with van der Waals surface area (Å²) in [5.41, 5.74) is 3.19. The minimum atomic E-state index is -3.14. The summed E-state index contributed by atoms with van der Waals surface area (Å²) in [7, 11) is 1.50. The number of hydrogen-bond acceptors (Lipinski definition) is 25. The van der Waals surface area contributed by atoms with Crippen LogP contribution < -0.4 is 55.0 Å². The number of terminal acetylenes is 2. The van der Waals surface area contributed by atoms with Crippen LogP contribution in [0.25, 0.3) is 0 Å². The Kier molecular flexibility index (Phi) is 31.1. The first-order chi connectivity index (χ1) is 61.3. The molecule has 37 heteroatoms. The van der Waals surface area contributed by atoms with E-state index < -0.39 is 63.6 Å². The predicted molar refractivity (Wildman–Crippen MR) is 449 cm³/mol. The normalized spacial score (nSPS) is 10.3. The van der Waals surface area contributed by atoms with Crippen molar-refractivity contribution in [2.45, 2.75) is 19.8 Å². The average Bonchev–Trinajstić information content (AvgIpc) is 1.82. The molecule has 15 rings (SSSR count). The molecule has 0 aliphatic heterocycles. The number of carbonyl (C=O) groups excluding carboxylic acids is 5. The van der Waals surface area contributed by atoms with Gasteiger partial charge in [-0.2, -0.15) is 14.0 Å². The van der Waals surface area contributed by atoms with Crippen LogP contribution in [-0.4, -0.2) is 96.5 Å². The highest BCUT2D eigenvalue weighted by molar-refractivity contribution is 7.10. The second-order valence-corrected chi connectivity index (χ2v) is 26.4. The van der Waals surface area contributed by atoms with E-state index in [0.29, 0.717) is 81.0 Å². The van der Waals surface area contributed by atoms with E-state index in [0.717, 1.165) is 48.0 Å². The number of ether oxygens (including phenoxy) is 6. The summed E-state index contributed by atoms with van der Waals surface area (Å²) < 4.78 is 128. The summed E-state index contributed by atoms with van der Waals surface area (Å²) in [6.07, 6.45) is 33.2. The number of carbonyl (C=O) groups is 5. The Morgan fingerprint density at radius 2 is 0.827 bits per heavy atom. The molecule has 0 spiro atoms. The van der Waals surface area contributed by atoms with Crippen molar-refractivity contribution < 1.29 is 83.1 Å². The highest BCUT2D eigenvalue weighted by Gasteiger charge is 2.30. The summed E-state index contributed by atoms with van der Waals surface area (Å²) in [5, 5.41) is 22.8. The van der Waals surface area contributed by atoms with Crippen LogP contribution in [0.1, 0.15) is 86.2 Å². The molecule has 7 aromatic heterocycles. The molecule has 0 aliphatic rings. The Hall–Kier alpha value is -17.8. The van der Waals surface area contributed by atoms with Gasteiger partial charge in [0.25, 0.3) is 35.5 Å². The number of nitrogens with zero attached hydrogens (tertiary/aromatic N) is 13. The van der Waals surface area contributed by atoms with Crippen LogP contribution in [0.4, 0.5) is 59.2 Å². The molecule has 29 nitrogen and oxygen atoms in total. The number of pyridine rings is 1. The van der Waals surface area contributed by atoms with E-state index in [2.05, 4.69) is 98.2 Å². The number of nitrogens with one attached hydrogen (secondary N) is 5. The monoisotopic (exact) mass is 1730 g/mol. The first-order valence-electron chi connectivity index (χ1n) is 36.5. The standard InChI is InChI=1S/2C19H11F2N3O2.C18H13N5O3.C18H15N3O2.C16H11F3N4O2S/c1-2-12-5-13(3-4-18(12)21)19(25)24-15-6-14(20)7-16(8-15)26-17-9-22-11-23-10-17;1-2-12-4-3-5-17(18(12)21)19(25)24-14-6-13(20)7-15(8-14)26-16-9-22-11-23-10-16;1-25-14-2-3-22-17(7-14)18(24)23-13-4-12(8-19)5-15(6-13)26-16-9-20-11-21-10-16;1-13-4-2-5-14(8-13)18(22)21-15-6-3-7-16(9-15)23-17-10-19-12-20-11-17;1-16(18,19)15-23-13(7-26-15)14(24)22-10-2-9(17)3-11(4-10)25-12-5-20-8-21-6-12/h2*1,3-11H,(H,24,25);2-7,9-11H,1H3,(H,23,24);2-12H,1H3,(H,21,22);2-8H,1H3,(H,22,24). The smallest absolute Gasteiger partial charge is 0.296 e. The maximum Gasteiger partial charge on any atom is 0.296 e. The Morgan fingerprint density at radius 3 is 1.28 bits per heavy atom. The van der Waals surface area contributed by atoms with Crippen LogP contribution in [-0.2, 0) is 5.92 Å². The Balaban J connectivity index is 0.000000154. The van der Waals surface area contributed by atoms with Gasteiger partial charge < -0.3 is 55.0 Å². The quantitative estimate of drug-likeness (QED) is 0.0311. The number of methoxy groups -OCH3 is 1. The average molecular weight is 1740 g/mol. The van der Waals surface area contributed by atoms with Crippen molar-refractivity contribution in [3.8, 4) is 94.0 Å². The number of alkyl halides is 2. The third kappa shape index (κ3) is 27.6. The van der Waals surface area contributed by atoms with Gasteiger partial charge in [0.2, 0.25) is 0 Å². The molecule has 8 aromatic carbocycles. The summed E-state index contributed by atoms with van der Waals surface area (Å²) in [6, 6.07) is 43.0. The van der Waals surface area contributed by atoms with E-state index in [9.17, 15) is 60.0 Å². The fraction of sp³-hybridized carbons (Fsp3) is 0.0444. The molecule has 0 aliphatic carbocycles. The predicted octanol–water partition coefficient (Wildman–Crippen LogP) is 18.4. The number of benzene rings is 8. The van der Waals surface area contributed by atoms with Crippen LogP contribution in [0.2, 0.25) is 0 Å². The molecule has 7 heterocycles. The zero-order valence-electron chi connectivity index (χ0n) is 66.0. The van der Waals surface area contributed by atoms with Crippen LogP contribution in [0.15, 0.2) is 275 Å². The number of rotatable bonds is 22. The van der Waals surface area contributed by atoms with Gasteiger partial charge in [-0.05, 0) is 97.9 Å². The Labute approximate surface area is 720 Å². The van der Waals surface area contributed by atoms with Crippen LogP contribution in [0, 0.1) is 72.0 Å². The van der Waals surface area contributed by atoms with Gasteiger partial charge in [0.05, 0.1) is 97.4 Å². The number of amides is 5. The highest BCUT2D eigenvalue weighted by atomic mass is 32.1. The third-order valence-electron chi connectivity index (χ3n) is 16.0. The second kappa shape index (κ2) is 44.0. The van der Waals surface area contributed by atoms with E-state index in [1.165, 1.54) is 161 Å². The van der Waals surface area contributed by atoms with Crippen molar-refractivity contribution in [2.75, 3.05) is 33.7 Å². The van der Waals surface area contributed by atoms with Crippen LogP contribution >= 0.6 is 11.3 Å². The lowest BCUT2D eigenvalue weighted by atomic mass is 10.1. The van der Waals surface area contributed by atoms with Gasteiger partial charge in [0.15, 0.2) is 39.6 Å². The summed E-state index contributed by atoms with van der Waals surface area (Å²) >= 11 is 0.669. The fourth-order valence-corrected chi connectivity index (χ4v) is 11.2. The molecule has 5 N–H and O–H groups in total. The lowest BCUT2D eigenvalue weighted by Crippen LogP contribution is -2.14. The van der Waals surface area contributed by atoms with Gasteiger partial charge in [0, 0.05) is 113 Å². The summed E-state index contributed by atoms with van der Waals surface area (Å²) in [4.78, 5) is 107. The molecule has 15 aromatic rings. The van der Waals surface area contributed by atoms with Crippen molar-refractivity contribution in [3.63, 3.8) is 0 Å². The molecule has 5 amide bonds. The molecule has 0 saturated heterocycles. The molecule has 0 bridgehead atoms. The Morgan fingerprint density at radius 1 is 0.409 bits per heavy atom. The lowest BCUT2D eigenvalue weighted by Gasteiger charge is -2.10. The summed E-state index contributed by atoms with van der Waals surface area (Å²) in [6.45, 7) is 2.64. The zero-order valence-corrected chi connectivity index (χ0v) is 66.8. The van der Waals surface area contributed by atoms with Crippen molar-refractivity contribution >= 4 is 69.3 Å². The molecule has 0 radical (unpaired) electrons. The van der Waals surface area contributed by atoms with Crippen molar-refractivity contribution in [3.05, 3.63) is 359 Å². The number of aromatic nitrogens is 12. The minimum Gasteiger partial charge on any atom is -0.497 e. The van der Waals surface area contributed by atoms with E-state index in [-0.39, 0.29) is 79.6 Å². The second-order valence-electron chi connectivity index (χ2n) is 25.6. The van der Waals surface area contributed by atoms with Crippen molar-refractivity contribution in [1.29, 1.82) is 5.26 Å². The van der Waals surface area contributed by atoms with Gasteiger partial charge >= 0.3 is 0 Å². The molecular weight excluding hydrogens is 1670 g/mol. The van der Waals surface area contributed by atoms with E-state index in [4.69, 9.17) is 41.3 Å². The molecular formula is C90H61F7N18O11S. The minimum absolute atomic E-state index is 0.0370. The van der Waals surface area contributed by atoms with Crippen molar-refractivity contribution in [2.24, 2.45) is 0 Å². The van der Waals surface area contributed by atoms with Gasteiger partial charge in [-0.25, -0.2) is 76.8 Å². The highest BCUT2D eigenvalue weighted by Crippen LogP contribution is 2.34. The maximum atomic E-state index is 14.2. The van der Waals surface area contributed by atoms with Gasteiger partial charge in [0.1, 0.15) is 101 Å². The molecule has 0 fully saturated rings. The largest absolute Gasteiger partial charge is 0.497 e. The molecule has 0 atom stereocenters. The first-order valence-corrected chi connectivity index (χ1v) is 37.4. The fourth-order valence-electron chi connectivity index (χ4n) is 10.5. The lowest BCUT2D eigenvalue weighted by molar-refractivity contribution is 0.0171. The van der Waals surface area contributed by atoms with Gasteiger partial charge in [-0.1, -0.05) is 41.7 Å². The third-order valence-corrected chi connectivity index (χ3v) is 17.0. The topological polar surface area (TPSA) is 379 Å². The summed E-state index contributed by atoms with van der Waals surface area (Å²) in [5.74, 6) is -1.14. The molecule has 127 heavy (non-hydrogen) atoms. The molecule has 0 saturated carbocycles. The zero-order chi connectivity index (χ0) is 90.2. The van der Waals surface area contributed by atoms with E-state index in [1.54, 1.807) is 48.8 Å². The SMILES string of the molecule is C#Cc1cc(C(=O)Nc2cc(F)cc(Oc3cncnc3)c2)ccc1F.C#Cc1cccc(C(=O)Nc2cc(F)cc(Oc3cncnc3)c2)c1F.CC(F)(F)c1nc(C(=O)Nc2cc(F)cc(Oc3cncnc3)c2)cs1.COc1ccnc(C(=O)Nc2cc(C#N)cc(Oc3cncnc3)c2)c1.Cc1cccc(C(=O)Nc2cccc(Oc3cncnc3)c2)c1. The van der Waals surface area contributed by atoms with E-state index >= 15 is 0 Å². The Bertz CT molecular complexity index is 6530. The van der Waals surface area contributed by atoms with Crippen LogP contribution in [0.5, 0.6) is 63.2 Å². The number of aryl methyl sites for hydroxylation is 1. The number of nitriles is 1. The van der Waals surface area contributed by atoms with Gasteiger partial charge in [-0.15, -0.1) is 24.2 Å². The van der Waals surface area contributed by atoms with Crippen molar-refractivity contribution in [1.82, 2.24) is 59.8 Å². The van der Waals surface area contributed by atoms with Crippen LogP contribution in [0.3, 0.4) is 0 Å².